The summed E-state index contributed by atoms with van der Waals surface area (Å²) in [5, 5.41) is 0. The van der Waals surface area contributed by atoms with Crippen molar-refractivity contribution in [3.8, 4) is 0 Å². The fraction of sp³-hybridized carbons (Fsp3) is 0.571. The van der Waals surface area contributed by atoms with Crippen LogP contribution in [-0.4, -0.2) is 35.2 Å². The number of nitrogens with two attached hydrogens (primary N) is 1. The molecule has 22 heavy (non-hydrogen) atoms. The molecule has 1 fully saturated rings. The van der Waals surface area contributed by atoms with Gasteiger partial charge < -0.3 is 5.73 Å². The number of sulfonamides is 1. The first-order chi connectivity index (χ1) is 10.1. The third-order valence-electron chi connectivity index (χ3n) is 4.03. The van der Waals surface area contributed by atoms with Crippen LogP contribution in [-0.2, 0) is 19.9 Å². The fourth-order valence-electron chi connectivity index (χ4n) is 2.62. The average molecular weight is 346 g/mol. The van der Waals surface area contributed by atoms with E-state index in [1.54, 1.807) is 0 Å². The van der Waals surface area contributed by atoms with Crippen molar-refractivity contribution >= 4 is 19.9 Å². The van der Waals surface area contributed by atoms with E-state index >= 15 is 0 Å². The van der Waals surface area contributed by atoms with Gasteiger partial charge in [0, 0.05) is 18.3 Å². The van der Waals surface area contributed by atoms with Crippen LogP contribution in [0, 0.1) is 0 Å². The molecule has 0 unspecified atom stereocenters. The Kier molecular flexibility index (Phi) is 4.96. The first-order valence-corrected chi connectivity index (χ1v) is 10.6. The van der Waals surface area contributed by atoms with Gasteiger partial charge in [-0.1, -0.05) is 19.3 Å². The van der Waals surface area contributed by atoms with Gasteiger partial charge in [-0.15, -0.1) is 0 Å². The second kappa shape index (κ2) is 6.27. The van der Waals surface area contributed by atoms with E-state index < -0.39 is 25.4 Å². The quantitative estimate of drug-likeness (QED) is 0.828. The van der Waals surface area contributed by atoms with Crippen LogP contribution >= 0.6 is 0 Å². The van der Waals surface area contributed by atoms with Crippen molar-refractivity contribution in [1.82, 2.24) is 4.72 Å². The summed E-state index contributed by atoms with van der Waals surface area (Å²) in [4.78, 5) is 0.133. The van der Waals surface area contributed by atoms with Crippen LogP contribution in [0.5, 0.6) is 0 Å². The maximum Gasteiger partial charge on any atom is 0.240 e. The minimum Gasteiger partial charge on any atom is -0.324 e. The predicted molar refractivity (Wildman–Crippen MR) is 84.7 cm³/mol. The molecule has 124 valence electrons. The summed E-state index contributed by atoms with van der Waals surface area (Å²) in [6, 6.07) is 5.18. The molecule has 0 atom stereocenters. The lowest BCUT2D eigenvalue weighted by Crippen LogP contribution is -2.51. The van der Waals surface area contributed by atoms with Crippen molar-refractivity contribution in [2.45, 2.75) is 47.4 Å². The van der Waals surface area contributed by atoms with E-state index in [1.165, 1.54) is 24.3 Å². The molecule has 1 aromatic carbocycles. The number of sulfone groups is 1. The summed E-state index contributed by atoms with van der Waals surface area (Å²) in [7, 11) is -7.02. The Morgan fingerprint density at radius 1 is 1.00 bits per heavy atom. The maximum atomic E-state index is 12.3. The predicted octanol–water partition coefficient (Wildman–Crippen LogP) is 1.03. The largest absolute Gasteiger partial charge is 0.324 e. The lowest BCUT2D eigenvalue weighted by atomic mass is 9.83. The first-order valence-electron chi connectivity index (χ1n) is 7.21. The number of rotatable bonds is 5. The SMILES string of the molecule is CS(=O)(=O)c1ccc(S(=O)(=O)NCC2(N)CCCCC2)cc1. The third kappa shape index (κ3) is 4.28. The van der Waals surface area contributed by atoms with Gasteiger partial charge in [0.2, 0.25) is 10.0 Å². The molecule has 0 spiro atoms. The van der Waals surface area contributed by atoms with Gasteiger partial charge in [0.25, 0.3) is 0 Å². The first kappa shape index (κ1) is 17.4. The highest BCUT2D eigenvalue weighted by molar-refractivity contribution is 7.90. The number of benzene rings is 1. The van der Waals surface area contributed by atoms with Crippen molar-refractivity contribution in [2.75, 3.05) is 12.8 Å². The van der Waals surface area contributed by atoms with Crippen LogP contribution in [0.2, 0.25) is 0 Å². The van der Waals surface area contributed by atoms with Crippen molar-refractivity contribution in [3.05, 3.63) is 24.3 Å². The summed E-state index contributed by atoms with van der Waals surface area (Å²) in [5.41, 5.74) is 5.73. The summed E-state index contributed by atoms with van der Waals surface area (Å²) < 4.78 is 49.8. The molecule has 2 rings (SSSR count). The topological polar surface area (TPSA) is 106 Å². The molecule has 0 heterocycles. The number of hydrogen-bond donors (Lipinski definition) is 2. The van der Waals surface area contributed by atoms with Crippen LogP contribution in [0.15, 0.2) is 34.1 Å². The van der Waals surface area contributed by atoms with Gasteiger partial charge in [-0.2, -0.15) is 0 Å². The standard InChI is InChI=1S/C14H22N2O4S2/c1-21(17,18)12-5-7-13(8-6-12)22(19,20)16-11-14(15)9-3-2-4-10-14/h5-8,16H,2-4,9-11,15H2,1H3. The van der Waals surface area contributed by atoms with Crippen molar-refractivity contribution < 1.29 is 16.8 Å². The summed E-state index contributed by atoms with van der Waals surface area (Å²) in [6.07, 6.45) is 5.86. The van der Waals surface area contributed by atoms with Gasteiger partial charge in [0.05, 0.1) is 9.79 Å². The lowest BCUT2D eigenvalue weighted by molar-refractivity contribution is 0.296. The lowest BCUT2D eigenvalue weighted by Gasteiger charge is -2.33. The second-order valence-corrected chi connectivity index (χ2v) is 9.77. The molecule has 0 bridgehead atoms. The van der Waals surface area contributed by atoms with E-state index in [4.69, 9.17) is 5.73 Å². The van der Waals surface area contributed by atoms with Crippen LogP contribution in [0.4, 0.5) is 0 Å². The zero-order valence-corrected chi connectivity index (χ0v) is 14.2. The van der Waals surface area contributed by atoms with Gasteiger partial charge in [-0.3, -0.25) is 0 Å². The molecular weight excluding hydrogens is 324 g/mol. The molecule has 1 aliphatic carbocycles. The van der Waals surface area contributed by atoms with Crippen LogP contribution in [0.25, 0.3) is 0 Å². The third-order valence-corrected chi connectivity index (χ3v) is 6.57. The van der Waals surface area contributed by atoms with Crippen molar-refractivity contribution in [1.29, 1.82) is 0 Å². The van der Waals surface area contributed by atoms with Crippen molar-refractivity contribution in [2.24, 2.45) is 5.73 Å². The monoisotopic (exact) mass is 346 g/mol. The highest BCUT2D eigenvalue weighted by Crippen LogP contribution is 2.25. The van der Waals surface area contributed by atoms with Crippen LogP contribution in [0.3, 0.4) is 0 Å². The van der Waals surface area contributed by atoms with E-state index in [9.17, 15) is 16.8 Å². The Labute approximate surface area is 132 Å². The minimum absolute atomic E-state index is 0.0410. The molecule has 1 saturated carbocycles. The smallest absolute Gasteiger partial charge is 0.240 e. The van der Waals surface area contributed by atoms with E-state index in [1.807, 2.05) is 0 Å². The van der Waals surface area contributed by atoms with E-state index in [2.05, 4.69) is 4.72 Å². The molecule has 0 saturated heterocycles. The molecule has 0 amide bonds. The maximum absolute atomic E-state index is 12.3. The minimum atomic E-state index is -3.68. The Morgan fingerprint density at radius 3 is 2.00 bits per heavy atom. The molecule has 3 N–H and O–H groups in total. The molecule has 0 aromatic heterocycles. The van der Waals surface area contributed by atoms with E-state index in [0.29, 0.717) is 0 Å². The van der Waals surface area contributed by atoms with Gasteiger partial charge in [0.15, 0.2) is 9.84 Å². The Morgan fingerprint density at radius 2 is 1.50 bits per heavy atom. The highest BCUT2D eigenvalue weighted by Gasteiger charge is 2.29. The molecular formula is C14H22N2O4S2. The Balaban J connectivity index is 2.10. The summed E-state index contributed by atoms with van der Waals surface area (Å²) >= 11 is 0. The number of nitrogens with one attached hydrogen (secondary N) is 1. The average Bonchev–Trinajstić information content (AvgIpc) is 2.46. The second-order valence-electron chi connectivity index (χ2n) is 5.99. The molecule has 8 heteroatoms. The molecule has 1 aliphatic rings. The zero-order valence-electron chi connectivity index (χ0n) is 12.6. The molecule has 6 nitrogen and oxygen atoms in total. The fourth-order valence-corrected chi connectivity index (χ4v) is 4.39. The summed E-state index contributed by atoms with van der Waals surface area (Å²) in [5.74, 6) is 0. The van der Waals surface area contributed by atoms with Crippen molar-refractivity contribution in [3.63, 3.8) is 0 Å². The number of hydrogen-bond acceptors (Lipinski definition) is 5. The Hall–Kier alpha value is -0.960. The molecule has 0 aliphatic heterocycles. The van der Waals surface area contributed by atoms with E-state index in [-0.39, 0.29) is 16.3 Å². The highest BCUT2D eigenvalue weighted by atomic mass is 32.2. The van der Waals surface area contributed by atoms with Gasteiger partial charge >= 0.3 is 0 Å². The molecule has 1 aromatic rings. The van der Waals surface area contributed by atoms with Gasteiger partial charge in [0.1, 0.15) is 0 Å². The van der Waals surface area contributed by atoms with Gasteiger partial charge in [-0.25, -0.2) is 21.6 Å². The normalized spacial score (nSPS) is 19.0. The zero-order chi connectivity index (χ0) is 16.4. The Bertz CT molecular complexity index is 719. The van der Waals surface area contributed by atoms with Crippen LogP contribution < -0.4 is 10.5 Å². The summed E-state index contributed by atoms with van der Waals surface area (Å²) in [6.45, 7) is 0.198. The van der Waals surface area contributed by atoms with Gasteiger partial charge in [-0.05, 0) is 37.1 Å². The van der Waals surface area contributed by atoms with Crippen LogP contribution in [0.1, 0.15) is 32.1 Å². The van der Waals surface area contributed by atoms with E-state index in [0.717, 1.165) is 38.4 Å². The molecule has 0 radical (unpaired) electrons.